The number of aliphatic hydroxyl groups is 1. The number of fused-ring (bicyclic) bond motifs is 10. The fraction of sp³-hybridized carbons (Fsp3) is 0.838. The molecule has 0 spiro atoms. The summed E-state index contributed by atoms with van der Waals surface area (Å²) in [5.41, 5.74) is 3.97. The van der Waals surface area contributed by atoms with Gasteiger partial charge in [-0.05, 0) is 177 Å². The Morgan fingerprint density at radius 1 is 0.725 bits per heavy atom. The molecule has 0 radical (unpaired) electrons. The molecule has 1 aromatic carbocycles. The van der Waals surface area contributed by atoms with E-state index in [2.05, 4.69) is 26.8 Å². The number of hydrogen-bond donors (Lipinski definition) is 2. The summed E-state index contributed by atoms with van der Waals surface area (Å²) < 4.78 is 7.25. The molecule has 13 atom stereocenters. The van der Waals surface area contributed by atoms with Gasteiger partial charge < -0.3 is 14.9 Å². The lowest BCUT2D eigenvalue weighted by Crippen LogP contribution is -2.55. The highest BCUT2D eigenvalue weighted by molar-refractivity contribution is 5.40. The second-order valence-electron chi connectivity index (χ2n) is 16.7. The van der Waals surface area contributed by atoms with Crippen LogP contribution in [0.5, 0.6) is 5.75 Å². The van der Waals surface area contributed by atoms with Crippen molar-refractivity contribution >= 4 is 0 Å². The average Bonchev–Trinajstić information content (AvgIpc) is 3.44. The largest absolute Gasteiger partial charge is 0.508 e. The lowest BCUT2D eigenvalue weighted by molar-refractivity contribution is -0.161. The van der Waals surface area contributed by atoms with Crippen molar-refractivity contribution in [2.24, 2.45) is 51.8 Å². The molecule has 220 valence electrons. The maximum absolute atomic E-state index is 10.8. The van der Waals surface area contributed by atoms with Gasteiger partial charge >= 0.3 is 0 Å². The van der Waals surface area contributed by atoms with Gasteiger partial charge in [0.2, 0.25) is 0 Å². The highest BCUT2D eigenvalue weighted by Crippen LogP contribution is 2.67. The minimum Gasteiger partial charge on any atom is -0.508 e. The van der Waals surface area contributed by atoms with Crippen molar-refractivity contribution in [1.29, 1.82) is 0 Å². The van der Waals surface area contributed by atoms with Crippen molar-refractivity contribution in [3.05, 3.63) is 29.3 Å². The van der Waals surface area contributed by atoms with E-state index >= 15 is 0 Å². The second kappa shape index (κ2) is 9.22. The number of ether oxygens (including phenoxy) is 1. The normalized spacial score (nSPS) is 53.0. The van der Waals surface area contributed by atoms with E-state index in [9.17, 15) is 10.2 Å². The van der Waals surface area contributed by atoms with Gasteiger partial charge in [-0.3, -0.25) is 0 Å². The van der Waals surface area contributed by atoms with E-state index in [4.69, 9.17) is 4.74 Å². The second-order valence-corrected chi connectivity index (χ2v) is 16.7. The van der Waals surface area contributed by atoms with Gasteiger partial charge in [-0.1, -0.05) is 26.8 Å². The molecule has 0 amide bonds. The number of rotatable bonds is 2. The quantitative estimate of drug-likeness (QED) is 0.391. The van der Waals surface area contributed by atoms with Crippen molar-refractivity contribution in [3.63, 3.8) is 0 Å². The Morgan fingerprint density at radius 2 is 1.48 bits per heavy atom. The first-order valence-electron chi connectivity index (χ1n) is 17.4. The molecular formula is C37H54O3. The predicted octanol–water partition coefficient (Wildman–Crippen LogP) is 8.41. The van der Waals surface area contributed by atoms with Crippen LogP contribution in [-0.4, -0.2) is 28.5 Å². The third-order valence-corrected chi connectivity index (χ3v) is 15.5. The molecule has 3 nitrogen and oxygen atoms in total. The van der Waals surface area contributed by atoms with E-state index in [-0.39, 0.29) is 11.5 Å². The zero-order valence-corrected chi connectivity index (χ0v) is 25.4. The molecule has 8 rings (SSSR count). The standard InChI is InChI=1S/C37H54O3/c1-35-17-14-25(21-23(35)5-8-29-31-10-12-33(39)36(31,2)19-16-32(29)35)40-34-13-11-30-28-7-4-22-20-24(38)6-9-26(22)27(28)15-18-37(30,34)3/h6,9,20,23,25,27-34,38-39H,4-5,7-8,10-19,21H2,1-3H3/t23-,25?,27+,28+,29-,30-,31-,32-,33-,34-,35-,36-,37-/m0/s1. The molecule has 7 aliphatic rings. The Bertz CT molecular complexity index is 1150. The minimum atomic E-state index is -0.0588. The van der Waals surface area contributed by atoms with Gasteiger partial charge in [0.25, 0.3) is 0 Å². The van der Waals surface area contributed by atoms with E-state index in [0.29, 0.717) is 34.7 Å². The zero-order chi connectivity index (χ0) is 27.4. The third kappa shape index (κ3) is 3.68. The highest BCUT2D eigenvalue weighted by atomic mass is 16.5. The van der Waals surface area contributed by atoms with Crippen molar-refractivity contribution < 1.29 is 14.9 Å². The van der Waals surface area contributed by atoms with Crippen molar-refractivity contribution in [2.45, 2.75) is 141 Å². The Labute approximate surface area is 242 Å². The molecule has 0 saturated heterocycles. The molecule has 7 aliphatic carbocycles. The summed E-state index contributed by atoms with van der Waals surface area (Å²) >= 11 is 0. The van der Waals surface area contributed by atoms with Gasteiger partial charge in [0, 0.05) is 0 Å². The van der Waals surface area contributed by atoms with E-state index in [0.717, 1.165) is 48.3 Å². The summed E-state index contributed by atoms with van der Waals surface area (Å²) in [5.74, 6) is 6.01. The van der Waals surface area contributed by atoms with Gasteiger partial charge in [-0.2, -0.15) is 0 Å². The van der Waals surface area contributed by atoms with Crippen LogP contribution in [0, 0.1) is 51.8 Å². The molecule has 0 bridgehead atoms. The zero-order valence-electron chi connectivity index (χ0n) is 25.4. The number of benzene rings is 1. The van der Waals surface area contributed by atoms with E-state index in [1.807, 2.05) is 12.1 Å². The van der Waals surface area contributed by atoms with Crippen LogP contribution in [0.15, 0.2) is 18.2 Å². The number of phenols is 1. The Hall–Kier alpha value is -1.06. The summed E-state index contributed by atoms with van der Waals surface area (Å²) in [5, 5.41) is 20.9. The van der Waals surface area contributed by atoms with Gasteiger partial charge in [0.15, 0.2) is 0 Å². The van der Waals surface area contributed by atoms with Crippen molar-refractivity contribution in [1.82, 2.24) is 0 Å². The molecule has 6 fully saturated rings. The Kier molecular flexibility index (Phi) is 6.12. The summed E-state index contributed by atoms with van der Waals surface area (Å²) in [7, 11) is 0. The SMILES string of the molecule is C[C@]12CCC(O[C@H]3CC[C@H]4[C@@H]5CCc6cc(O)ccc6[C@H]5CC[C@]34C)C[C@@H]1CC[C@@H]1[C@@H]2CC[C@]2(C)[C@@H](O)CC[C@@H]12. The lowest BCUT2D eigenvalue weighted by atomic mass is 9.45. The maximum Gasteiger partial charge on any atom is 0.115 e. The molecule has 0 aromatic heterocycles. The van der Waals surface area contributed by atoms with Gasteiger partial charge in [-0.25, -0.2) is 0 Å². The molecular weight excluding hydrogens is 492 g/mol. The minimum absolute atomic E-state index is 0.0588. The van der Waals surface area contributed by atoms with Crippen LogP contribution in [0.4, 0.5) is 0 Å². The Morgan fingerprint density at radius 3 is 2.35 bits per heavy atom. The molecule has 2 N–H and O–H groups in total. The van der Waals surface area contributed by atoms with E-state index in [1.165, 1.54) is 94.6 Å². The lowest BCUT2D eigenvalue weighted by Gasteiger charge is -2.61. The summed E-state index contributed by atoms with van der Waals surface area (Å²) in [6, 6.07) is 6.19. The summed E-state index contributed by atoms with van der Waals surface area (Å²) in [4.78, 5) is 0. The smallest absolute Gasteiger partial charge is 0.115 e. The van der Waals surface area contributed by atoms with Crippen LogP contribution >= 0.6 is 0 Å². The third-order valence-electron chi connectivity index (χ3n) is 15.5. The monoisotopic (exact) mass is 546 g/mol. The summed E-state index contributed by atoms with van der Waals surface area (Å²) in [6.45, 7) is 7.70. The molecule has 40 heavy (non-hydrogen) atoms. The van der Waals surface area contributed by atoms with Crippen LogP contribution < -0.4 is 0 Å². The van der Waals surface area contributed by atoms with Gasteiger partial charge in [0.1, 0.15) is 5.75 Å². The molecule has 1 unspecified atom stereocenters. The van der Waals surface area contributed by atoms with Crippen LogP contribution in [0.3, 0.4) is 0 Å². The molecule has 0 heterocycles. The van der Waals surface area contributed by atoms with Gasteiger partial charge in [-0.15, -0.1) is 0 Å². The van der Waals surface area contributed by atoms with Crippen molar-refractivity contribution in [3.8, 4) is 5.75 Å². The Balaban J connectivity index is 0.947. The topological polar surface area (TPSA) is 49.7 Å². The van der Waals surface area contributed by atoms with Crippen LogP contribution in [0.1, 0.15) is 128 Å². The van der Waals surface area contributed by atoms with Crippen molar-refractivity contribution in [2.75, 3.05) is 0 Å². The average molecular weight is 547 g/mol. The predicted molar refractivity (Wildman–Crippen MR) is 159 cm³/mol. The fourth-order valence-corrected chi connectivity index (χ4v) is 13.3. The van der Waals surface area contributed by atoms with Crippen LogP contribution in [0.2, 0.25) is 0 Å². The highest BCUT2D eigenvalue weighted by Gasteiger charge is 2.61. The van der Waals surface area contributed by atoms with Crippen LogP contribution in [0.25, 0.3) is 0 Å². The van der Waals surface area contributed by atoms with Gasteiger partial charge in [0.05, 0.1) is 18.3 Å². The molecule has 1 aromatic rings. The number of phenolic OH excluding ortho intramolecular Hbond substituents is 1. The fourth-order valence-electron chi connectivity index (χ4n) is 13.3. The first-order valence-corrected chi connectivity index (χ1v) is 17.4. The molecule has 3 heteroatoms. The number of aryl methyl sites for hydroxylation is 1. The molecule has 6 saturated carbocycles. The maximum atomic E-state index is 10.8. The number of aromatic hydroxyl groups is 1. The number of aliphatic hydroxyl groups excluding tert-OH is 1. The first kappa shape index (κ1) is 26.6. The van der Waals surface area contributed by atoms with E-state index in [1.54, 1.807) is 0 Å². The van der Waals surface area contributed by atoms with E-state index < -0.39 is 0 Å². The van der Waals surface area contributed by atoms with Crippen LogP contribution in [-0.2, 0) is 11.2 Å². The molecule has 0 aliphatic heterocycles. The number of hydrogen-bond acceptors (Lipinski definition) is 3. The first-order chi connectivity index (χ1) is 19.2. The summed E-state index contributed by atoms with van der Waals surface area (Å²) in [6.07, 6.45) is 20.1.